The predicted octanol–water partition coefficient (Wildman–Crippen LogP) is 3.66. The molecule has 2 N–H and O–H groups in total. The van der Waals surface area contributed by atoms with Gasteiger partial charge in [-0.2, -0.15) is 0 Å². The summed E-state index contributed by atoms with van der Waals surface area (Å²) >= 11 is 5.84. The van der Waals surface area contributed by atoms with E-state index in [-0.39, 0.29) is 23.3 Å². The van der Waals surface area contributed by atoms with Crippen molar-refractivity contribution in [2.45, 2.75) is 43.0 Å². The number of benzene rings is 2. The Morgan fingerprint density at radius 2 is 1.67 bits per heavy atom. The van der Waals surface area contributed by atoms with Crippen molar-refractivity contribution in [2.75, 3.05) is 0 Å². The molecule has 0 bridgehead atoms. The molecule has 144 valence electrons. The molecule has 2 aromatic rings. The monoisotopic (exact) mass is 407 g/mol. The molecule has 2 unspecified atom stereocenters. The van der Waals surface area contributed by atoms with E-state index < -0.39 is 16.0 Å². The summed E-state index contributed by atoms with van der Waals surface area (Å²) in [5.74, 6) is -0.632. The van der Waals surface area contributed by atoms with Gasteiger partial charge in [0.1, 0.15) is 0 Å². The first kappa shape index (κ1) is 19.9. The van der Waals surface area contributed by atoms with Gasteiger partial charge in [0, 0.05) is 11.1 Å². The van der Waals surface area contributed by atoms with Crippen LogP contribution in [-0.2, 0) is 27.7 Å². The topological polar surface area (TPSA) is 83.5 Å². The lowest BCUT2D eigenvalue weighted by molar-refractivity contribution is -0.136. The quantitative estimate of drug-likeness (QED) is 0.733. The third-order valence-corrected chi connectivity index (χ3v) is 6.72. The fraction of sp³-hybridized carbons (Fsp3) is 0.350. The molecular weight excluding hydrogens is 386 g/mol. The number of carboxylic acids is 1. The molecule has 3 rings (SSSR count). The van der Waals surface area contributed by atoms with Crippen LogP contribution in [0.4, 0.5) is 0 Å². The summed E-state index contributed by atoms with van der Waals surface area (Å²) < 4.78 is 28.1. The van der Waals surface area contributed by atoms with Crippen molar-refractivity contribution >= 4 is 27.6 Å². The highest BCUT2D eigenvalue weighted by Gasteiger charge is 2.31. The lowest BCUT2D eigenvalue weighted by Gasteiger charge is -2.21. The van der Waals surface area contributed by atoms with E-state index in [0.29, 0.717) is 5.02 Å². The van der Waals surface area contributed by atoms with Crippen molar-refractivity contribution < 1.29 is 18.3 Å². The third-order valence-electron chi connectivity index (χ3n) is 4.97. The van der Waals surface area contributed by atoms with E-state index in [1.165, 1.54) is 12.1 Å². The van der Waals surface area contributed by atoms with E-state index in [1.807, 2.05) is 24.3 Å². The minimum Gasteiger partial charge on any atom is -0.481 e. The van der Waals surface area contributed by atoms with Crippen LogP contribution in [0.1, 0.15) is 30.4 Å². The minimum atomic E-state index is -3.58. The summed E-state index contributed by atoms with van der Waals surface area (Å²) in [6.07, 6.45) is 3.53. The molecule has 7 heteroatoms. The molecule has 2 atom stereocenters. The Hall–Kier alpha value is -1.89. The molecule has 5 nitrogen and oxygen atoms in total. The van der Waals surface area contributed by atoms with Crippen molar-refractivity contribution in [2.24, 2.45) is 5.92 Å². The lowest BCUT2D eigenvalue weighted by Crippen LogP contribution is -2.38. The summed E-state index contributed by atoms with van der Waals surface area (Å²) in [5.41, 5.74) is 1.85. The molecule has 0 saturated heterocycles. The highest BCUT2D eigenvalue weighted by Crippen LogP contribution is 2.30. The Labute approximate surface area is 164 Å². The lowest BCUT2D eigenvalue weighted by atomic mass is 9.94. The van der Waals surface area contributed by atoms with Gasteiger partial charge in [-0.25, -0.2) is 13.1 Å². The van der Waals surface area contributed by atoms with Gasteiger partial charge in [0.25, 0.3) is 0 Å². The van der Waals surface area contributed by atoms with Gasteiger partial charge in [0.05, 0.1) is 11.3 Å². The Bertz CT molecular complexity index is 895. The maximum absolute atomic E-state index is 12.6. The average Bonchev–Trinajstić information content (AvgIpc) is 3.02. The zero-order chi connectivity index (χ0) is 19.4. The first-order valence-electron chi connectivity index (χ1n) is 8.91. The predicted molar refractivity (Wildman–Crippen MR) is 104 cm³/mol. The number of halogens is 1. The molecule has 27 heavy (non-hydrogen) atoms. The van der Waals surface area contributed by atoms with Crippen LogP contribution in [0.5, 0.6) is 0 Å². The molecule has 1 fully saturated rings. The Balaban J connectivity index is 1.66. The second kappa shape index (κ2) is 8.42. The highest BCUT2D eigenvalue weighted by molar-refractivity contribution is 7.89. The zero-order valence-corrected chi connectivity index (χ0v) is 16.3. The minimum absolute atomic E-state index is 0.00717. The molecule has 1 aliphatic rings. The van der Waals surface area contributed by atoms with E-state index in [0.717, 1.165) is 36.8 Å². The number of hydrogen-bond donors (Lipinski definition) is 2. The maximum Gasteiger partial charge on any atom is 0.307 e. The van der Waals surface area contributed by atoms with Crippen LogP contribution in [0.15, 0.2) is 53.4 Å². The van der Waals surface area contributed by atoms with E-state index in [4.69, 9.17) is 16.7 Å². The first-order valence-corrected chi connectivity index (χ1v) is 10.8. The largest absolute Gasteiger partial charge is 0.481 e. The number of hydrogen-bond acceptors (Lipinski definition) is 3. The molecule has 0 amide bonds. The highest BCUT2D eigenvalue weighted by atomic mass is 35.5. The SMILES string of the molecule is O=C(O)Cc1ccc(CC2CCCC2NS(=O)(=O)c2ccc(Cl)cc2)cc1. The van der Waals surface area contributed by atoms with Crippen molar-refractivity contribution in [3.63, 3.8) is 0 Å². The summed E-state index contributed by atoms with van der Waals surface area (Å²) in [5, 5.41) is 9.34. The van der Waals surface area contributed by atoms with Crippen LogP contribution < -0.4 is 4.72 Å². The number of rotatable bonds is 7. The van der Waals surface area contributed by atoms with Crippen LogP contribution in [0.25, 0.3) is 0 Å². The number of aliphatic carboxylic acids is 1. The fourth-order valence-corrected chi connectivity index (χ4v) is 5.05. The number of carbonyl (C=O) groups is 1. The molecule has 0 aliphatic heterocycles. The van der Waals surface area contributed by atoms with Gasteiger partial charge in [-0.3, -0.25) is 4.79 Å². The summed E-state index contributed by atoms with van der Waals surface area (Å²) in [6, 6.07) is 13.6. The van der Waals surface area contributed by atoms with Crippen LogP contribution >= 0.6 is 11.6 Å². The zero-order valence-electron chi connectivity index (χ0n) is 14.8. The maximum atomic E-state index is 12.6. The van der Waals surface area contributed by atoms with E-state index in [2.05, 4.69) is 4.72 Å². The Kier molecular flexibility index (Phi) is 6.19. The number of sulfonamides is 1. The number of nitrogens with one attached hydrogen (secondary N) is 1. The first-order chi connectivity index (χ1) is 12.8. The number of carboxylic acid groups (broad SMARTS) is 1. The molecule has 0 spiro atoms. The van der Waals surface area contributed by atoms with Crippen LogP contribution in [0.2, 0.25) is 5.02 Å². The van der Waals surface area contributed by atoms with Crippen molar-refractivity contribution in [1.29, 1.82) is 0 Å². The van der Waals surface area contributed by atoms with Gasteiger partial charge in [-0.1, -0.05) is 42.3 Å². The van der Waals surface area contributed by atoms with Gasteiger partial charge in [0.2, 0.25) is 10.0 Å². The van der Waals surface area contributed by atoms with Gasteiger partial charge < -0.3 is 5.11 Å². The summed E-state index contributed by atoms with van der Waals surface area (Å²) in [6.45, 7) is 0. The fourth-order valence-electron chi connectivity index (χ4n) is 3.59. The molecule has 1 aliphatic carbocycles. The Morgan fingerprint density at radius 1 is 1.04 bits per heavy atom. The standard InChI is InChI=1S/C20H22ClNO4S/c21-17-8-10-18(11-9-17)27(25,26)22-19-3-1-2-16(19)12-14-4-6-15(7-5-14)13-20(23)24/h4-11,16,19,22H,1-3,12-13H2,(H,23,24). The van der Waals surface area contributed by atoms with E-state index in [1.54, 1.807) is 12.1 Å². The van der Waals surface area contributed by atoms with E-state index in [9.17, 15) is 13.2 Å². The van der Waals surface area contributed by atoms with Crippen molar-refractivity contribution in [3.8, 4) is 0 Å². The van der Waals surface area contributed by atoms with Crippen molar-refractivity contribution in [1.82, 2.24) is 4.72 Å². The molecule has 0 radical (unpaired) electrons. The molecule has 2 aromatic carbocycles. The molecule has 0 aromatic heterocycles. The molecule has 0 heterocycles. The second-order valence-electron chi connectivity index (χ2n) is 6.96. The van der Waals surface area contributed by atoms with Crippen LogP contribution in [0, 0.1) is 5.92 Å². The normalized spacial score (nSPS) is 19.9. The smallest absolute Gasteiger partial charge is 0.307 e. The summed E-state index contributed by atoms with van der Waals surface area (Å²) in [4.78, 5) is 11.0. The van der Waals surface area contributed by atoms with E-state index >= 15 is 0 Å². The van der Waals surface area contributed by atoms with Crippen LogP contribution in [0.3, 0.4) is 0 Å². The van der Waals surface area contributed by atoms with Crippen molar-refractivity contribution in [3.05, 3.63) is 64.7 Å². The van der Waals surface area contributed by atoms with Gasteiger partial charge in [0.15, 0.2) is 0 Å². The third kappa shape index (κ3) is 5.31. The van der Waals surface area contributed by atoms with Gasteiger partial charge >= 0.3 is 5.97 Å². The second-order valence-corrected chi connectivity index (χ2v) is 9.11. The van der Waals surface area contributed by atoms with Gasteiger partial charge in [-0.15, -0.1) is 0 Å². The Morgan fingerprint density at radius 3 is 2.30 bits per heavy atom. The molecular formula is C20H22ClNO4S. The molecule has 1 saturated carbocycles. The van der Waals surface area contributed by atoms with Crippen LogP contribution in [-0.4, -0.2) is 25.5 Å². The summed E-state index contributed by atoms with van der Waals surface area (Å²) in [7, 11) is -3.58. The average molecular weight is 408 g/mol. The van der Waals surface area contributed by atoms with Gasteiger partial charge in [-0.05, 0) is 60.6 Å².